The van der Waals surface area contributed by atoms with Gasteiger partial charge in [0.25, 0.3) is 0 Å². The van der Waals surface area contributed by atoms with Crippen molar-refractivity contribution >= 4 is 19.7 Å². The van der Waals surface area contributed by atoms with Gasteiger partial charge in [-0.15, -0.1) is 0 Å². The zero-order valence-electron chi connectivity index (χ0n) is 13.3. The summed E-state index contributed by atoms with van der Waals surface area (Å²) in [5.41, 5.74) is -16.7. The summed E-state index contributed by atoms with van der Waals surface area (Å²) in [4.78, 5) is 0. The van der Waals surface area contributed by atoms with Crippen LogP contribution in [0.4, 0.5) is 61.5 Å². The van der Waals surface area contributed by atoms with E-state index in [4.69, 9.17) is 0 Å². The highest BCUT2D eigenvalue weighted by Gasteiger charge is 2.86. The lowest BCUT2D eigenvalue weighted by atomic mass is 9.75. The van der Waals surface area contributed by atoms with Crippen LogP contribution in [-0.2, 0) is 9.05 Å². The monoisotopic (exact) mass is 514 g/mol. The third kappa shape index (κ3) is 3.54. The van der Waals surface area contributed by atoms with E-state index in [1.165, 1.54) is 0 Å². The molecule has 0 aliphatic heterocycles. The Bertz CT molecular complexity index is 816. The second-order valence-electron chi connectivity index (χ2n) is 5.86. The van der Waals surface area contributed by atoms with E-state index in [1.54, 1.807) is 0 Å². The number of hydrogen-bond acceptors (Lipinski definition) is 2. The molecule has 0 spiro atoms. The molecule has 0 heterocycles. The fourth-order valence-electron chi connectivity index (χ4n) is 2.69. The van der Waals surface area contributed by atoms with Gasteiger partial charge >= 0.3 is 36.0 Å². The van der Waals surface area contributed by atoms with Crippen molar-refractivity contribution in [3.8, 4) is 0 Å². The van der Waals surface area contributed by atoms with Gasteiger partial charge in [0, 0.05) is 17.1 Å². The van der Waals surface area contributed by atoms with E-state index in [9.17, 15) is 69.9 Å². The van der Waals surface area contributed by atoms with E-state index in [1.807, 2.05) is 0 Å². The molecule has 1 aliphatic carbocycles. The number of allylic oxidation sites excluding steroid dienone is 3. The summed E-state index contributed by atoms with van der Waals surface area (Å²) in [6.45, 7) is 0. The van der Waals surface area contributed by atoms with Gasteiger partial charge in [-0.25, -0.2) is 17.2 Å². The maximum atomic E-state index is 14.5. The molecule has 1 atom stereocenters. The lowest BCUT2D eigenvalue weighted by Crippen LogP contribution is -2.70. The molecule has 0 aromatic heterocycles. The number of rotatable bonds is 3. The molecule has 0 radical (unpaired) electrons. The number of alkyl halides is 14. The fourth-order valence-corrected chi connectivity index (χ4v) is 4.47. The van der Waals surface area contributed by atoms with Crippen molar-refractivity contribution < 1.29 is 69.9 Å². The summed E-state index contributed by atoms with van der Waals surface area (Å²) in [6.07, 6.45) is -33.8. The molecule has 0 saturated carbocycles. The van der Waals surface area contributed by atoms with Crippen molar-refractivity contribution in [3.05, 3.63) is 23.8 Å². The van der Waals surface area contributed by atoms with E-state index >= 15 is 0 Å². The largest absolute Gasteiger partial charge is 0.435 e. The van der Waals surface area contributed by atoms with Crippen LogP contribution in [-0.4, -0.2) is 49.2 Å². The van der Waals surface area contributed by atoms with Crippen LogP contribution in [0.2, 0.25) is 0 Å². The van der Waals surface area contributed by atoms with Gasteiger partial charge in [-0.1, -0.05) is 18.2 Å². The van der Waals surface area contributed by atoms with Crippen LogP contribution < -0.4 is 0 Å². The summed E-state index contributed by atoms with van der Waals surface area (Å²) in [7, 11) is -2.19. The predicted molar refractivity (Wildman–Crippen MR) is 71.2 cm³/mol. The first kappa shape index (κ1) is 26.8. The lowest BCUT2D eigenvalue weighted by Gasteiger charge is -2.45. The van der Waals surface area contributed by atoms with Crippen molar-refractivity contribution in [1.82, 2.24) is 0 Å². The summed E-state index contributed by atoms with van der Waals surface area (Å²) in [5.74, 6) is 0. The highest BCUT2D eigenvalue weighted by atomic mass is 35.7. The third-order valence-corrected chi connectivity index (χ3v) is 6.40. The minimum atomic E-state index is -7.28. The number of hydrogen-bond donors (Lipinski definition) is 0. The summed E-state index contributed by atoms with van der Waals surface area (Å²) in [6, 6.07) is 0. The van der Waals surface area contributed by atoms with Crippen molar-refractivity contribution in [2.45, 2.75) is 47.2 Å². The second kappa shape index (κ2) is 6.87. The van der Waals surface area contributed by atoms with E-state index in [0.29, 0.717) is 0 Å². The molecule has 0 amide bonds. The summed E-state index contributed by atoms with van der Waals surface area (Å²) in [5, 5.41) is 0. The zero-order chi connectivity index (χ0) is 24.4. The minimum absolute atomic E-state index is 0.531. The Balaban J connectivity index is 4.03. The molecule has 18 heteroatoms. The van der Waals surface area contributed by atoms with Crippen molar-refractivity contribution in [2.75, 3.05) is 0 Å². The van der Waals surface area contributed by atoms with Gasteiger partial charge in [-0.05, 0) is 5.57 Å². The van der Waals surface area contributed by atoms with Crippen LogP contribution in [0, 0.1) is 0 Å². The van der Waals surface area contributed by atoms with Gasteiger partial charge in [0.05, 0.1) is 0 Å². The Morgan fingerprint density at radius 2 is 1.10 bits per heavy atom. The molecule has 0 aromatic rings. The first-order chi connectivity index (χ1) is 12.8. The van der Waals surface area contributed by atoms with E-state index < -0.39 is 80.1 Å². The van der Waals surface area contributed by atoms with Crippen molar-refractivity contribution in [1.29, 1.82) is 0 Å². The van der Waals surface area contributed by atoms with Crippen LogP contribution in [0.15, 0.2) is 23.8 Å². The average molecular weight is 515 g/mol. The topological polar surface area (TPSA) is 34.1 Å². The van der Waals surface area contributed by atoms with E-state index in [-0.39, 0.29) is 0 Å². The molecule has 176 valence electrons. The lowest BCUT2D eigenvalue weighted by molar-refractivity contribution is -0.350. The molecule has 0 saturated heterocycles. The van der Waals surface area contributed by atoms with Gasteiger partial charge in [0.15, 0.2) is 4.75 Å². The quantitative estimate of drug-likeness (QED) is 0.350. The Morgan fingerprint density at radius 3 is 1.37 bits per heavy atom. The molecule has 0 N–H and O–H groups in total. The molecule has 1 rings (SSSR count). The molecule has 1 aliphatic rings. The van der Waals surface area contributed by atoms with E-state index in [0.717, 1.165) is 0 Å². The van der Waals surface area contributed by atoms with Crippen LogP contribution in [0.25, 0.3) is 0 Å². The normalized spacial score (nSPS) is 22.8. The second-order valence-corrected chi connectivity index (χ2v) is 8.69. The van der Waals surface area contributed by atoms with Crippen molar-refractivity contribution in [3.63, 3.8) is 0 Å². The molecule has 0 bridgehead atoms. The Morgan fingerprint density at radius 1 is 0.733 bits per heavy atom. The molecule has 30 heavy (non-hydrogen) atoms. The molecule has 2 nitrogen and oxygen atoms in total. The van der Waals surface area contributed by atoms with Crippen molar-refractivity contribution in [2.24, 2.45) is 0 Å². The zero-order valence-corrected chi connectivity index (χ0v) is 14.9. The first-order valence-corrected chi connectivity index (χ1v) is 9.10. The highest BCUT2D eigenvalue weighted by molar-refractivity contribution is 8.15. The van der Waals surface area contributed by atoms with Crippen LogP contribution in [0.5, 0.6) is 0 Å². The Hall–Kier alpha value is -1.26. The standard InChI is InChI=1S/C12H5ClF14O2S/c13-30(28,29)6(8(15,11(22,23)24)12(25,26)27)3-1-2-5(4-6)7(14,9(16,17)18)10(19,20)21/h1-3H,4H2. The van der Waals surface area contributed by atoms with E-state index in [2.05, 4.69) is 10.7 Å². The van der Waals surface area contributed by atoms with Crippen LogP contribution in [0.3, 0.4) is 0 Å². The number of halogens is 15. The SMILES string of the molecule is O=S(=O)(Cl)C1(C(F)(C(F)(F)F)C(F)(F)F)C=CC=C(C(F)(C(F)(F)F)C(F)(F)F)C1. The van der Waals surface area contributed by atoms with Crippen LogP contribution >= 0.6 is 10.7 Å². The molecule has 1 unspecified atom stereocenters. The van der Waals surface area contributed by atoms with Crippen LogP contribution in [0.1, 0.15) is 6.42 Å². The Labute approximate surface area is 161 Å². The summed E-state index contributed by atoms with van der Waals surface area (Å²) >= 11 is 0. The predicted octanol–water partition coefficient (Wildman–Crippen LogP) is 5.85. The highest BCUT2D eigenvalue weighted by Crippen LogP contribution is 2.62. The first-order valence-electron chi connectivity index (χ1n) is 6.79. The smallest absolute Gasteiger partial charge is 0.221 e. The van der Waals surface area contributed by atoms with Gasteiger partial charge in [-0.2, -0.15) is 52.7 Å². The Kier molecular flexibility index (Phi) is 6.13. The van der Waals surface area contributed by atoms with Gasteiger partial charge < -0.3 is 0 Å². The minimum Gasteiger partial charge on any atom is -0.221 e. The maximum Gasteiger partial charge on any atom is 0.435 e. The average Bonchev–Trinajstić information content (AvgIpc) is 2.47. The molecule has 0 fully saturated rings. The molecular formula is C12H5ClF14O2S. The molecular weight excluding hydrogens is 510 g/mol. The molecule has 0 aromatic carbocycles. The third-order valence-electron chi connectivity index (χ3n) is 4.14. The van der Waals surface area contributed by atoms with Gasteiger partial charge in [0.2, 0.25) is 9.05 Å². The van der Waals surface area contributed by atoms with Gasteiger partial charge in [-0.3, -0.25) is 0 Å². The maximum absolute atomic E-state index is 14.5. The fraction of sp³-hybridized carbons (Fsp3) is 0.667. The summed E-state index contributed by atoms with van der Waals surface area (Å²) < 4.78 is 202. The van der Waals surface area contributed by atoms with Gasteiger partial charge in [0.1, 0.15) is 0 Å².